The number of halogens is 3. The Kier molecular flexibility index (Phi) is 2.75. The number of aryl methyl sites for hydroxylation is 1. The largest absolute Gasteiger partial charge is 0.417 e. The molecule has 1 N–H and O–H groups in total. The molecule has 0 saturated heterocycles. The van der Waals surface area contributed by atoms with E-state index in [1.165, 1.54) is 11.5 Å². The number of aromatic amines is 1. The van der Waals surface area contributed by atoms with E-state index in [2.05, 4.69) is 9.97 Å². The maximum Gasteiger partial charge on any atom is 0.417 e. The van der Waals surface area contributed by atoms with Crippen LogP contribution < -0.4 is 5.56 Å². The van der Waals surface area contributed by atoms with Crippen LogP contribution in [-0.2, 0) is 6.18 Å². The van der Waals surface area contributed by atoms with Crippen molar-refractivity contribution in [1.29, 1.82) is 0 Å². The third kappa shape index (κ3) is 2.04. The molecule has 0 bridgehead atoms. The molecule has 0 spiro atoms. The van der Waals surface area contributed by atoms with Crippen molar-refractivity contribution in [2.75, 3.05) is 0 Å². The van der Waals surface area contributed by atoms with Gasteiger partial charge >= 0.3 is 6.18 Å². The Morgan fingerprint density at radius 2 is 2.10 bits per heavy atom. The van der Waals surface area contributed by atoms with E-state index in [1.54, 1.807) is 0 Å². The fourth-order valence-corrected chi connectivity index (χ4v) is 2.59. The molecule has 1 aliphatic rings. The highest BCUT2D eigenvalue weighted by atomic mass is 32.1. The number of alkyl halides is 3. The lowest BCUT2D eigenvalue weighted by Gasteiger charge is -2.14. The minimum absolute atomic E-state index is 0.0218. The lowest BCUT2D eigenvalue weighted by Crippen LogP contribution is -2.20. The Hall–Kier alpha value is -1.70. The van der Waals surface area contributed by atoms with Gasteiger partial charge in [0.15, 0.2) is 4.77 Å². The number of rotatable bonds is 1. The van der Waals surface area contributed by atoms with Crippen molar-refractivity contribution in [3.05, 3.63) is 32.4 Å². The maximum atomic E-state index is 13.1. The normalized spacial score (nSPS) is 15.8. The monoisotopic (exact) mass is 301 g/mol. The first-order valence-corrected chi connectivity index (χ1v) is 6.43. The van der Waals surface area contributed by atoms with Crippen LogP contribution in [0.15, 0.2) is 10.9 Å². The first-order chi connectivity index (χ1) is 9.29. The summed E-state index contributed by atoms with van der Waals surface area (Å²) in [6.45, 7) is 1.47. The average Bonchev–Trinajstić information content (AvgIpc) is 3.10. The Balaban J connectivity index is 2.53. The van der Waals surface area contributed by atoms with Gasteiger partial charge in [-0.25, -0.2) is 4.98 Å². The van der Waals surface area contributed by atoms with Gasteiger partial charge in [-0.1, -0.05) is 0 Å². The zero-order valence-corrected chi connectivity index (χ0v) is 11.2. The van der Waals surface area contributed by atoms with Crippen LogP contribution in [0.25, 0.3) is 11.0 Å². The molecule has 0 aliphatic heterocycles. The predicted molar refractivity (Wildman–Crippen MR) is 69.2 cm³/mol. The first kappa shape index (κ1) is 13.3. The van der Waals surface area contributed by atoms with Crippen molar-refractivity contribution >= 4 is 23.3 Å². The molecule has 2 aromatic rings. The van der Waals surface area contributed by atoms with E-state index in [0.717, 1.165) is 18.9 Å². The van der Waals surface area contributed by atoms with Gasteiger partial charge in [0.2, 0.25) is 0 Å². The van der Waals surface area contributed by atoms with Crippen molar-refractivity contribution in [3.8, 4) is 0 Å². The maximum absolute atomic E-state index is 13.1. The van der Waals surface area contributed by atoms with Gasteiger partial charge in [-0.05, 0) is 38.0 Å². The topological polar surface area (TPSA) is 50.7 Å². The fourth-order valence-electron chi connectivity index (χ4n) is 2.27. The van der Waals surface area contributed by atoms with Crippen LogP contribution in [-0.4, -0.2) is 14.5 Å². The number of H-pyrrole nitrogens is 1. The molecule has 3 rings (SSSR count). The van der Waals surface area contributed by atoms with Crippen LogP contribution in [0.3, 0.4) is 0 Å². The molecule has 8 heteroatoms. The van der Waals surface area contributed by atoms with Crippen LogP contribution in [0.4, 0.5) is 13.2 Å². The summed E-state index contributed by atoms with van der Waals surface area (Å²) >= 11 is 5.05. The third-order valence-corrected chi connectivity index (χ3v) is 3.54. The summed E-state index contributed by atoms with van der Waals surface area (Å²) in [4.78, 5) is 18.3. The third-order valence-electron chi connectivity index (χ3n) is 3.24. The summed E-state index contributed by atoms with van der Waals surface area (Å²) in [6, 6.07) is 0.912. The molecule has 1 fully saturated rings. The Morgan fingerprint density at radius 1 is 1.45 bits per heavy atom. The highest BCUT2D eigenvalue weighted by Crippen LogP contribution is 2.38. The summed E-state index contributed by atoms with van der Waals surface area (Å²) in [5.74, 6) is 0. The summed E-state index contributed by atoms with van der Waals surface area (Å²) in [5.41, 5.74) is -1.58. The van der Waals surface area contributed by atoms with Gasteiger partial charge < -0.3 is 0 Å². The number of hydrogen-bond acceptors (Lipinski definition) is 3. The molecule has 20 heavy (non-hydrogen) atoms. The van der Waals surface area contributed by atoms with Crippen molar-refractivity contribution in [2.24, 2.45) is 0 Å². The van der Waals surface area contributed by atoms with Gasteiger partial charge in [0.1, 0.15) is 5.65 Å². The zero-order valence-electron chi connectivity index (χ0n) is 10.4. The van der Waals surface area contributed by atoms with E-state index in [1.807, 2.05) is 0 Å². The zero-order chi connectivity index (χ0) is 14.7. The predicted octanol–water partition coefficient (Wildman–Crippen LogP) is 3.12. The smallest absolute Gasteiger partial charge is 0.299 e. The number of pyridine rings is 1. The molecule has 2 aromatic heterocycles. The molecule has 2 heterocycles. The lowest BCUT2D eigenvalue weighted by atomic mass is 10.1. The Bertz CT molecular complexity index is 818. The molecule has 4 nitrogen and oxygen atoms in total. The number of fused-ring (bicyclic) bond motifs is 1. The summed E-state index contributed by atoms with van der Waals surface area (Å²) in [7, 11) is 0. The van der Waals surface area contributed by atoms with Crippen molar-refractivity contribution in [2.45, 2.75) is 32.0 Å². The van der Waals surface area contributed by atoms with Crippen LogP contribution >= 0.6 is 12.2 Å². The van der Waals surface area contributed by atoms with E-state index >= 15 is 0 Å². The second-order valence-corrected chi connectivity index (χ2v) is 5.25. The van der Waals surface area contributed by atoms with Crippen LogP contribution in [0, 0.1) is 11.7 Å². The molecule has 0 amide bonds. The van der Waals surface area contributed by atoms with E-state index in [-0.39, 0.29) is 22.2 Å². The first-order valence-electron chi connectivity index (χ1n) is 6.02. The van der Waals surface area contributed by atoms with Gasteiger partial charge in [-0.3, -0.25) is 14.3 Å². The second-order valence-electron chi connectivity index (χ2n) is 4.87. The summed E-state index contributed by atoms with van der Waals surface area (Å²) in [6.07, 6.45) is -2.96. The molecular weight excluding hydrogens is 291 g/mol. The lowest BCUT2D eigenvalue weighted by molar-refractivity contribution is -0.136. The quantitative estimate of drug-likeness (QED) is 0.823. The SMILES string of the molecule is Cc1cc(C(F)(F)F)c2c(=O)[nH]c(=S)n(C3CC3)c2n1. The minimum Gasteiger partial charge on any atom is -0.299 e. The van der Waals surface area contributed by atoms with Crippen LogP contribution in [0.5, 0.6) is 0 Å². The van der Waals surface area contributed by atoms with Gasteiger partial charge in [-0.15, -0.1) is 0 Å². The van der Waals surface area contributed by atoms with E-state index in [0.29, 0.717) is 0 Å². The number of hydrogen-bond donors (Lipinski definition) is 1. The summed E-state index contributed by atoms with van der Waals surface area (Å²) < 4.78 is 41.0. The minimum atomic E-state index is -4.61. The second kappa shape index (κ2) is 4.15. The molecule has 106 valence electrons. The van der Waals surface area contributed by atoms with Gasteiger partial charge in [0.25, 0.3) is 5.56 Å². The van der Waals surface area contributed by atoms with Crippen LogP contribution in [0.2, 0.25) is 0 Å². The van der Waals surface area contributed by atoms with Crippen molar-refractivity contribution in [3.63, 3.8) is 0 Å². The number of aromatic nitrogens is 3. The molecule has 0 aromatic carbocycles. The van der Waals surface area contributed by atoms with Gasteiger partial charge in [0.05, 0.1) is 10.9 Å². The van der Waals surface area contributed by atoms with Crippen LogP contribution in [0.1, 0.15) is 30.1 Å². The molecule has 0 unspecified atom stereocenters. The highest BCUT2D eigenvalue weighted by Gasteiger charge is 2.36. The standard InChI is InChI=1S/C12H10F3N3OS/c1-5-4-7(12(13,14)15)8-9(16-5)18(6-2-3-6)11(20)17-10(8)19/h4,6H,2-3H2,1H3,(H,17,19,20). The van der Waals surface area contributed by atoms with Gasteiger partial charge in [0, 0.05) is 11.7 Å². The summed E-state index contributed by atoms with van der Waals surface area (Å²) in [5, 5.41) is -0.441. The molecule has 0 radical (unpaired) electrons. The number of nitrogens with zero attached hydrogens (tertiary/aromatic N) is 2. The molecular formula is C12H10F3N3OS. The highest BCUT2D eigenvalue weighted by molar-refractivity contribution is 7.71. The molecule has 1 saturated carbocycles. The fraction of sp³-hybridized carbons (Fsp3) is 0.417. The molecule has 0 atom stereocenters. The van der Waals surface area contributed by atoms with E-state index in [9.17, 15) is 18.0 Å². The Morgan fingerprint density at radius 3 is 2.65 bits per heavy atom. The van der Waals surface area contributed by atoms with Gasteiger partial charge in [-0.2, -0.15) is 13.2 Å². The van der Waals surface area contributed by atoms with Crippen molar-refractivity contribution < 1.29 is 13.2 Å². The molecule has 1 aliphatic carbocycles. The van der Waals surface area contributed by atoms with E-state index in [4.69, 9.17) is 12.2 Å². The Labute approximate surface area is 116 Å². The number of nitrogens with one attached hydrogen (secondary N) is 1. The average molecular weight is 301 g/mol. The van der Waals surface area contributed by atoms with Crippen molar-refractivity contribution in [1.82, 2.24) is 14.5 Å². The van der Waals surface area contributed by atoms with E-state index < -0.39 is 22.7 Å².